The number of amides is 1. The fourth-order valence-electron chi connectivity index (χ4n) is 2.50. The van der Waals surface area contributed by atoms with Crippen LogP contribution in [0.25, 0.3) is 0 Å². The van der Waals surface area contributed by atoms with Crippen molar-refractivity contribution in [1.82, 2.24) is 9.88 Å². The van der Waals surface area contributed by atoms with Crippen molar-refractivity contribution in [3.63, 3.8) is 0 Å². The first-order valence-electron chi connectivity index (χ1n) is 7.42. The molecule has 1 atom stereocenters. The van der Waals surface area contributed by atoms with Crippen molar-refractivity contribution in [2.75, 3.05) is 13.1 Å². The Hall–Kier alpha value is -1.05. The van der Waals surface area contributed by atoms with Crippen LogP contribution in [0.1, 0.15) is 26.8 Å². The van der Waals surface area contributed by atoms with Crippen LogP contribution in [0.5, 0.6) is 5.75 Å². The molecule has 1 aromatic heterocycles. The maximum atomic E-state index is 12.5. The molecule has 0 aliphatic carbocycles. The van der Waals surface area contributed by atoms with E-state index >= 15 is 0 Å². The zero-order valence-electron chi connectivity index (χ0n) is 13.6. The lowest BCUT2D eigenvalue weighted by atomic mass is 10.3. The van der Waals surface area contributed by atoms with Gasteiger partial charge < -0.3 is 15.4 Å². The molecule has 5 nitrogen and oxygen atoms in total. The van der Waals surface area contributed by atoms with Gasteiger partial charge in [-0.05, 0) is 37.6 Å². The summed E-state index contributed by atoms with van der Waals surface area (Å²) in [5.74, 6) is 0.742. The van der Waals surface area contributed by atoms with Gasteiger partial charge in [-0.2, -0.15) is 0 Å². The Bertz CT molecular complexity index is 709. The molecule has 1 aliphatic heterocycles. The van der Waals surface area contributed by atoms with Crippen molar-refractivity contribution in [2.24, 2.45) is 5.73 Å². The van der Waals surface area contributed by atoms with Crippen LogP contribution in [0.2, 0.25) is 5.02 Å². The lowest BCUT2D eigenvalue weighted by molar-refractivity contribution is 0.0794. The zero-order valence-corrected chi connectivity index (χ0v) is 16.8. The van der Waals surface area contributed by atoms with Crippen LogP contribution < -0.4 is 10.5 Å². The van der Waals surface area contributed by atoms with Gasteiger partial charge in [-0.3, -0.25) is 4.79 Å². The maximum absolute atomic E-state index is 12.5. The zero-order chi connectivity index (χ0) is 16.4. The monoisotopic (exact) mass is 423 g/mol. The van der Waals surface area contributed by atoms with E-state index in [0.29, 0.717) is 29.6 Å². The number of hydrogen-bond donors (Lipinski definition) is 1. The predicted octanol–water partition coefficient (Wildman–Crippen LogP) is 3.70. The van der Waals surface area contributed by atoms with E-state index in [1.54, 1.807) is 29.2 Å². The van der Waals surface area contributed by atoms with Crippen molar-refractivity contribution in [3.8, 4) is 5.75 Å². The molecule has 0 unspecified atom stereocenters. The van der Waals surface area contributed by atoms with Gasteiger partial charge in [0.2, 0.25) is 0 Å². The minimum absolute atomic E-state index is 0. The van der Waals surface area contributed by atoms with Crippen molar-refractivity contribution >= 4 is 53.7 Å². The molecule has 0 bridgehead atoms. The average Bonchev–Trinajstić information content (AvgIpc) is 3.12. The number of carbonyl (C=O) groups is 1. The molecule has 138 valence electrons. The van der Waals surface area contributed by atoms with E-state index in [9.17, 15) is 4.79 Å². The Labute approximate surface area is 168 Å². The summed E-state index contributed by atoms with van der Waals surface area (Å²) in [7, 11) is 0. The standard InChI is InChI=1S/C16H18ClN3O2S.2ClH/c1-10-15(16(21)20-7-6-12(18)8-20)23-14(19-10)9-22-13-4-2-11(17)3-5-13;;/h2-5,12H,6-9,18H2,1H3;2*1H/t12-;;/m1../s1. The molecule has 1 amide bonds. The van der Waals surface area contributed by atoms with Crippen LogP contribution in [-0.4, -0.2) is 34.9 Å². The lowest BCUT2D eigenvalue weighted by Gasteiger charge is -2.14. The molecule has 9 heteroatoms. The largest absolute Gasteiger partial charge is 0.486 e. The number of aromatic nitrogens is 1. The quantitative estimate of drug-likeness (QED) is 0.812. The summed E-state index contributed by atoms with van der Waals surface area (Å²) in [6.45, 7) is 3.52. The molecule has 1 aromatic carbocycles. The predicted molar refractivity (Wildman–Crippen MR) is 106 cm³/mol. The van der Waals surface area contributed by atoms with Crippen LogP contribution >= 0.6 is 47.8 Å². The molecule has 1 saturated heterocycles. The van der Waals surface area contributed by atoms with Gasteiger partial charge in [-0.15, -0.1) is 36.2 Å². The first kappa shape index (κ1) is 22.0. The van der Waals surface area contributed by atoms with Crippen molar-refractivity contribution < 1.29 is 9.53 Å². The topological polar surface area (TPSA) is 68.5 Å². The molecule has 2 aromatic rings. The van der Waals surface area contributed by atoms with Crippen molar-refractivity contribution in [1.29, 1.82) is 0 Å². The van der Waals surface area contributed by atoms with E-state index in [0.717, 1.165) is 22.9 Å². The number of rotatable bonds is 4. The number of ether oxygens (including phenoxy) is 1. The third-order valence-corrected chi connectivity index (χ3v) is 5.09. The Morgan fingerprint density at radius 1 is 1.40 bits per heavy atom. The highest BCUT2D eigenvalue weighted by atomic mass is 35.5. The molecule has 0 radical (unpaired) electrons. The van der Waals surface area contributed by atoms with E-state index in [4.69, 9.17) is 22.1 Å². The number of nitrogens with two attached hydrogens (primary N) is 1. The molecular weight excluding hydrogens is 405 g/mol. The fourth-order valence-corrected chi connectivity index (χ4v) is 3.58. The van der Waals surface area contributed by atoms with Crippen LogP contribution in [0, 0.1) is 6.92 Å². The number of aryl methyl sites for hydroxylation is 1. The molecule has 0 saturated carbocycles. The van der Waals surface area contributed by atoms with E-state index in [-0.39, 0.29) is 36.8 Å². The van der Waals surface area contributed by atoms with Gasteiger partial charge in [0.05, 0.1) is 5.69 Å². The van der Waals surface area contributed by atoms with Crippen LogP contribution in [0.15, 0.2) is 24.3 Å². The highest BCUT2D eigenvalue weighted by molar-refractivity contribution is 7.13. The van der Waals surface area contributed by atoms with E-state index in [1.807, 2.05) is 6.92 Å². The van der Waals surface area contributed by atoms with Crippen LogP contribution in [0.4, 0.5) is 0 Å². The maximum Gasteiger partial charge on any atom is 0.265 e. The second kappa shape index (κ2) is 9.59. The second-order valence-electron chi connectivity index (χ2n) is 5.56. The van der Waals surface area contributed by atoms with Gasteiger partial charge in [-0.25, -0.2) is 4.98 Å². The minimum atomic E-state index is 0. The van der Waals surface area contributed by atoms with Crippen molar-refractivity contribution in [3.05, 3.63) is 44.9 Å². The molecule has 1 fully saturated rings. The molecule has 2 N–H and O–H groups in total. The smallest absolute Gasteiger partial charge is 0.265 e. The molecular formula is C16H20Cl3N3O2S. The lowest BCUT2D eigenvalue weighted by Crippen LogP contribution is -2.31. The summed E-state index contributed by atoms with van der Waals surface area (Å²) in [6, 6.07) is 7.24. The van der Waals surface area contributed by atoms with E-state index in [2.05, 4.69) is 4.98 Å². The number of carbonyl (C=O) groups excluding carboxylic acids is 1. The van der Waals surface area contributed by atoms with Crippen molar-refractivity contribution in [2.45, 2.75) is 26.0 Å². The number of nitrogens with zero attached hydrogens (tertiary/aromatic N) is 2. The van der Waals surface area contributed by atoms with E-state index < -0.39 is 0 Å². The third kappa shape index (κ3) is 5.46. The number of benzene rings is 1. The Morgan fingerprint density at radius 3 is 2.68 bits per heavy atom. The average molecular weight is 425 g/mol. The Balaban J connectivity index is 0.00000156. The molecule has 3 rings (SSSR count). The second-order valence-corrected chi connectivity index (χ2v) is 7.08. The number of likely N-dealkylation sites (tertiary alicyclic amines) is 1. The minimum Gasteiger partial charge on any atom is -0.486 e. The molecule has 0 spiro atoms. The number of halogens is 3. The van der Waals surface area contributed by atoms with Crippen LogP contribution in [-0.2, 0) is 6.61 Å². The van der Waals surface area contributed by atoms with Crippen LogP contribution in [0.3, 0.4) is 0 Å². The van der Waals surface area contributed by atoms with Gasteiger partial charge in [-0.1, -0.05) is 11.6 Å². The Morgan fingerprint density at radius 2 is 2.08 bits per heavy atom. The molecule has 2 heterocycles. The normalized spacial score (nSPS) is 16.1. The first-order chi connectivity index (χ1) is 11.0. The highest BCUT2D eigenvalue weighted by Crippen LogP contribution is 2.24. The van der Waals surface area contributed by atoms with Gasteiger partial charge in [0.25, 0.3) is 5.91 Å². The molecule has 25 heavy (non-hydrogen) atoms. The van der Waals surface area contributed by atoms with Gasteiger partial charge in [0.1, 0.15) is 22.2 Å². The summed E-state index contributed by atoms with van der Waals surface area (Å²) in [5.41, 5.74) is 6.62. The van der Waals surface area contributed by atoms with Gasteiger partial charge >= 0.3 is 0 Å². The summed E-state index contributed by atoms with van der Waals surface area (Å²) >= 11 is 7.23. The Kier molecular flexibility index (Phi) is 8.44. The highest BCUT2D eigenvalue weighted by Gasteiger charge is 2.27. The number of thiazole rings is 1. The third-order valence-electron chi connectivity index (χ3n) is 3.72. The summed E-state index contributed by atoms with van der Waals surface area (Å²) in [6.07, 6.45) is 0.857. The fraction of sp³-hybridized carbons (Fsp3) is 0.375. The first-order valence-corrected chi connectivity index (χ1v) is 8.62. The van der Waals surface area contributed by atoms with Gasteiger partial charge in [0.15, 0.2) is 0 Å². The van der Waals surface area contributed by atoms with Gasteiger partial charge in [0, 0.05) is 24.2 Å². The van der Waals surface area contributed by atoms with E-state index in [1.165, 1.54) is 11.3 Å². The SMILES string of the molecule is Cc1nc(COc2ccc(Cl)cc2)sc1C(=O)N1CC[C@@H](N)C1.Cl.Cl. The number of hydrogen-bond acceptors (Lipinski definition) is 5. The summed E-state index contributed by atoms with van der Waals surface area (Å²) in [5, 5.41) is 1.45. The summed E-state index contributed by atoms with van der Waals surface area (Å²) < 4.78 is 5.68. The molecule has 1 aliphatic rings. The summed E-state index contributed by atoms with van der Waals surface area (Å²) in [4.78, 5) is 19.4.